The van der Waals surface area contributed by atoms with Gasteiger partial charge < -0.3 is 5.32 Å². The maximum absolute atomic E-state index is 12.4. The van der Waals surface area contributed by atoms with Crippen LogP contribution < -0.4 is 16.6 Å². The summed E-state index contributed by atoms with van der Waals surface area (Å²) in [5.41, 5.74) is -1.22. The lowest BCUT2D eigenvalue weighted by Gasteiger charge is -2.06. The largest absolute Gasteiger partial charge is 0.329 e. The van der Waals surface area contributed by atoms with Crippen molar-refractivity contribution in [3.63, 3.8) is 0 Å². The summed E-state index contributed by atoms with van der Waals surface area (Å²) in [5, 5.41) is 13.5. The van der Waals surface area contributed by atoms with Gasteiger partial charge in [-0.1, -0.05) is 6.07 Å². The standard InChI is InChI=1S/C15H12N4O5S/c1-8-5-11-13(25-8)17-15(22)18(14(11)21)7-12(20)16-9-3-2-4-10(6-9)19(23)24/h2-6H,7H2,1H3,(H,16,20)(H,17,22). The van der Waals surface area contributed by atoms with E-state index in [2.05, 4.69) is 10.3 Å². The van der Waals surface area contributed by atoms with Gasteiger partial charge >= 0.3 is 5.69 Å². The first kappa shape index (κ1) is 16.6. The number of aryl methyl sites for hydroxylation is 1. The third-order valence-electron chi connectivity index (χ3n) is 3.44. The molecule has 0 unspecified atom stereocenters. The van der Waals surface area contributed by atoms with Crippen LogP contribution in [-0.4, -0.2) is 20.4 Å². The molecule has 128 valence electrons. The Labute approximate surface area is 143 Å². The van der Waals surface area contributed by atoms with E-state index in [0.29, 0.717) is 10.2 Å². The van der Waals surface area contributed by atoms with Gasteiger partial charge in [0.05, 0.1) is 10.3 Å². The van der Waals surface area contributed by atoms with E-state index in [9.17, 15) is 24.5 Å². The molecule has 0 bridgehead atoms. The van der Waals surface area contributed by atoms with Gasteiger partial charge in [-0.15, -0.1) is 11.3 Å². The number of nitro benzene ring substituents is 1. The number of carbonyl (C=O) groups excluding carboxylic acids is 1. The zero-order valence-electron chi connectivity index (χ0n) is 12.9. The van der Waals surface area contributed by atoms with Crippen LogP contribution in [0.25, 0.3) is 10.2 Å². The lowest BCUT2D eigenvalue weighted by atomic mass is 10.3. The molecular weight excluding hydrogens is 348 g/mol. The van der Waals surface area contributed by atoms with Crippen LogP contribution in [-0.2, 0) is 11.3 Å². The first-order valence-corrected chi connectivity index (χ1v) is 7.94. The molecule has 0 atom stereocenters. The van der Waals surface area contributed by atoms with Crippen molar-refractivity contribution in [1.29, 1.82) is 0 Å². The molecule has 0 spiro atoms. The molecule has 0 saturated carbocycles. The van der Waals surface area contributed by atoms with Crippen LogP contribution in [0.15, 0.2) is 39.9 Å². The van der Waals surface area contributed by atoms with Crippen molar-refractivity contribution < 1.29 is 9.72 Å². The zero-order valence-corrected chi connectivity index (χ0v) is 13.8. The SMILES string of the molecule is Cc1cc2c(=O)n(CC(=O)Nc3cccc([N+](=O)[O-])c3)c(=O)[nH]c2s1. The minimum atomic E-state index is -0.687. The number of carbonyl (C=O) groups is 1. The molecule has 1 amide bonds. The Balaban J connectivity index is 1.87. The highest BCUT2D eigenvalue weighted by Crippen LogP contribution is 2.19. The summed E-state index contributed by atoms with van der Waals surface area (Å²) in [7, 11) is 0. The number of H-pyrrole nitrogens is 1. The van der Waals surface area contributed by atoms with E-state index >= 15 is 0 Å². The maximum Gasteiger partial charge on any atom is 0.329 e. The maximum atomic E-state index is 12.4. The average Bonchev–Trinajstić information content (AvgIpc) is 2.92. The fourth-order valence-corrected chi connectivity index (χ4v) is 3.25. The van der Waals surface area contributed by atoms with Crippen LogP contribution in [0.2, 0.25) is 0 Å². The van der Waals surface area contributed by atoms with E-state index in [1.807, 2.05) is 6.92 Å². The van der Waals surface area contributed by atoms with Crippen molar-refractivity contribution in [2.45, 2.75) is 13.5 Å². The number of rotatable bonds is 4. The number of benzene rings is 1. The number of amides is 1. The monoisotopic (exact) mass is 360 g/mol. The number of nitrogens with one attached hydrogen (secondary N) is 2. The summed E-state index contributed by atoms with van der Waals surface area (Å²) in [4.78, 5) is 50.6. The molecule has 0 aliphatic rings. The van der Waals surface area contributed by atoms with E-state index in [4.69, 9.17) is 0 Å². The lowest BCUT2D eigenvalue weighted by molar-refractivity contribution is -0.384. The van der Waals surface area contributed by atoms with Gasteiger partial charge in [0.2, 0.25) is 5.91 Å². The molecular formula is C15H12N4O5S. The molecule has 0 saturated heterocycles. The number of anilines is 1. The van der Waals surface area contributed by atoms with Gasteiger partial charge in [0, 0.05) is 22.7 Å². The minimum absolute atomic E-state index is 0.178. The average molecular weight is 360 g/mol. The Bertz CT molecular complexity index is 1110. The number of non-ortho nitro benzene ring substituents is 1. The molecule has 0 fully saturated rings. The number of nitrogens with zero attached hydrogens (tertiary/aromatic N) is 2. The predicted molar refractivity (Wildman–Crippen MR) is 93.2 cm³/mol. The topological polar surface area (TPSA) is 127 Å². The van der Waals surface area contributed by atoms with E-state index in [1.54, 1.807) is 6.07 Å². The van der Waals surface area contributed by atoms with Gasteiger partial charge in [0.25, 0.3) is 11.2 Å². The highest BCUT2D eigenvalue weighted by molar-refractivity contribution is 7.18. The van der Waals surface area contributed by atoms with E-state index < -0.39 is 28.6 Å². The number of hydrogen-bond acceptors (Lipinski definition) is 6. The Morgan fingerprint density at radius 2 is 2.12 bits per heavy atom. The normalized spacial score (nSPS) is 10.8. The molecule has 9 nitrogen and oxygen atoms in total. The van der Waals surface area contributed by atoms with Crippen LogP contribution in [0.4, 0.5) is 11.4 Å². The van der Waals surface area contributed by atoms with Gasteiger partial charge in [-0.25, -0.2) is 4.79 Å². The predicted octanol–water partition coefficient (Wildman–Crippen LogP) is 1.61. The van der Waals surface area contributed by atoms with E-state index in [0.717, 1.165) is 9.44 Å². The smallest absolute Gasteiger partial charge is 0.324 e. The number of aromatic nitrogens is 2. The number of thiophene rings is 1. The van der Waals surface area contributed by atoms with Gasteiger partial charge in [0.1, 0.15) is 11.4 Å². The Morgan fingerprint density at radius 3 is 2.84 bits per heavy atom. The van der Waals surface area contributed by atoms with Crippen LogP contribution in [0.3, 0.4) is 0 Å². The summed E-state index contributed by atoms with van der Waals surface area (Å²) >= 11 is 1.28. The quantitative estimate of drug-likeness (QED) is 0.540. The zero-order chi connectivity index (χ0) is 18.1. The van der Waals surface area contributed by atoms with E-state index in [1.165, 1.54) is 35.6 Å². The van der Waals surface area contributed by atoms with Crippen molar-refractivity contribution in [3.05, 3.63) is 66.2 Å². The molecule has 0 aliphatic carbocycles. The van der Waals surface area contributed by atoms with Gasteiger partial charge in [-0.2, -0.15) is 0 Å². The first-order valence-electron chi connectivity index (χ1n) is 7.13. The number of nitro groups is 1. The lowest BCUT2D eigenvalue weighted by Crippen LogP contribution is -2.38. The van der Waals surface area contributed by atoms with Crippen LogP contribution in [0.1, 0.15) is 4.88 Å². The van der Waals surface area contributed by atoms with E-state index in [-0.39, 0.29) is 11.4 Å². The number of hydrogen-bond donors (Lipinski definition) is 2. The first-order chi connectivity index (χ1) is 11.8. The summed E-state index contributed by atoms with van der Waals surface area (Å²) in [6.45, 7) is 1.31. The summed E-state index contributed by atoms with van der Waals surface area (Å²) < 4.78 is 0.793. The molecule has 2 aromatic heterocycles. The number of aromatic amines is 1. The molecule has 3 aromatic rings. The van der Waals surface area contributed by atoms with Crippen molar-refractivity contribution in [1.82, 2.24) is 9.55 Å². The summed E-state index contributed by atoms with van der Waals surface area (Å²) in [6.07, 6.45) is 0. The summed E-state index contributed by atoms with van der Waals surface area (Å²) in [6, 6.07) is 7.03. The molecule has 0 aliphatic heterocycles. The highest BCUT2D eigenvalue weighted by Gasteiger charge is 2.14. The molecule has 25 heavy (non-hydrogen) atoms. The second kappa shape index (κ2) is 6.32. The Morgan fingerprint density at radius 1 is 1.36 bits per heavy atom. The van der Waals surface area contributed by atoms with Crippen molar-refractivity contribution in [2.24, 2.45) is 0 Å². The van der Waals surface area contributed by atoms with Crippen molar-refractivity contribution in [2.75, 3.05) is 5.32 Å². The fraction of sp³-hybridized carbons (Fsp3) is 0.133. The molecule has 2 N–H and O–H groups in total. The minimum Gasteiger partial charge on any atom is -0.324 e. The van der Waals surface area contributed by atoms with Crippen LogP contribution >= 0.6 is 11.3 Å². The third kappa shape index (κ3) is 3.33. The van der Waals surface area contributed by atoms with Crippen molar-refractivity contribution >= 4 is 38.8 Å². The second-order valence-electron chi connectivity index (χ2n) is 5.28. The van der Waals surface area contributed by atoms with Gasteiger partial charge in [0.15, 0.2) is 0 Å². The number of fused-ring (bicyclic) bond motifs is 1. The molecule has 3 rings (SSSR count). The fourth-order valence-electron chi connectivity index (χ4n) is 2.35. The van der Waals surface area contributed by atoms with Gasteiger partial charge in [-0.3, -0.25) is 29.3 Å². The molecule has 10 heteroatoms. The van der Waals surface area contributed by atoms with Crippen molar-refractivity contribution in [3.8, 4) is 0 Å². The molecule has 1 aromatic carbocycles. The Kier molecular flexibility index (Phi) is 4.19. The Hall–Kier alpha value is -3.27. The highest BCUT2D eigenvalue weighted by atomic mass is 32.1. The summed E-state index contributed by atoms with van der Waals surface area (Å²) in [5.74, 6) is -0.639. The second-order valence-corrected chi connectivity index (χ2v) is 6.53. The molecule has 2 heterocycles. The van der Waals surface area contributed by atoms with Crippen LogP contribution in [0.5, 0.6) is 0 Å². The molecule has 0 radical (unpaired) electrons. The third-order valence-corrected chi connectivity index (χ3v) is 4.40. The van der Waals surface area contributed by atoms with Crippen LogP contribution in [0, 0.1) is 17.0 Å². The van der Waals surface area contributed by atoms with Gasteiger partial charge in [-0.05, 0) is 19.1 Å².